The van der Waals surface area contributed by atoms with E-state index in [1.165, 1.54) is 11.0 Å². The number of nitrogen functional groups attached to an aromatic ring is 1. The summed E-state index contributed by atoms with van der Waals surface area (Å²) in [5, 5.41) is 0. The zero-order valence-electron chi connectivity index (χ0n) is 12.5. The van der Waals surface area contributed by atoms with Crippen LogP contribution < -0.4 is 11.5 Å². The number of primary amides is 1. The molecule has 23 heavy (non-hydrogen) atoms. The average molecular weight is 384 g/mol. The van der Waals surface area contributed by atoms with E-state index in [0.29, 0.717) is 17.4 Å². The highest BCUT2D eigenvalue weighted by Crippen LogP contribution is 2.20. The predicted octanol–water partition coefficient (Wildman–Crippen LogP) is 1.05. The number of benzene rings is 1. The maximum atomic E-state index is 12.2. The lowest BCUT2D eigenvalue weighted by molar-refractivity contribution is -0.143. The number of nitrogens with two attached hydrogens (primary N) is 2. The van der Waals surface area contributed by atoms with Gasteiger partial charge in [-0.3, -0.25) is 9.59 Å². The van der Waals surface area contributed by atoms with Gasteiger partial charge in [-0.15, -0.1) is 0 Å². The van der Waals surface area contributed by atoms with Gasteiger partial charge in [-0.2, -0.15) is 0 Å². The van der Waals surface area contributed by atoms with Crippen LogP contribution in [0.15, 0.2) is 22.7 Å². The van der Waals surface area contributed by atoms with Gasteiger partial charge < -0.3 is 21.1 Å². The number of nitrogens with zero attached hydrogens (tertiary/aromatic N) is 1. The number of rotatable bonds is 4. The van der Waals surface area contributed by atoms with Crippen molar-refractivity contribution in [3.8, 4) is 0 Å². The second-order valence-electron chi connectivity index (χ2n) is 5.31. The van der Waals surface area contributed by atoms with Gasteiger partial charge in [-0.05, 0) is 37.5 Å². The number of carbonyl (C=O) groups is 3. The molecule has 124 valence electrons. The van der Waals surface area contributed by atoms with E-state index in [0.717, 1.165) is 12.8 Å². The van der Waals surface area contributed by atoms with Gasteiger partial charge >= 0.3 is 5.97 Å². The zero-order valence-corrected chi connectivity index (χ0v) is 14.0. The minimum absolute atomic E-state index is 0.178. The smallest absolute Gasteiger partial charge is 0.340 e. The van der Waals surface area contributed by atoms with E-state index in [1.54, 1.807) is 12.1 Å². The van der Waals surface area contributed by atoms with Gasteiger partial charge in [0.2, 0.25) is 5.91 Å². The van der Waals surface area contributed by atoms with E-state index in [4.69, 9.17) is 16.2 Å². The Bertz CT molecular complexity index is 635. The van der Waals surface area contributed by atoms with E-state index < -0.39 is 30.4 Å². The van der Waals surface area contributed by atoms with Crippen molar-refractivity contribution in [1.82, 2.24) is 4.90 Å². The van der Waals surface area contributed by atoms with Crippen molar-refractivity contribution in [2.45, 2.75) is 25.3 Å². The van der Waals surface area contributed by atoms with Crippen molar-refractivity contribution in [2.75, 3.05) is 18.9 Å². The molecule has 2 rings (SSSR count). The highest BCUT2D eigenvalue weighted by Gasteiger charge is 2.31. The van der Waals surface area contributed by atoms with Crippen molar-refractivity contribution in [1.29, 1.82) is 0 Å². The molecule has 0 bridgehead atoms. The summed E-state index contributed by atoms with van der Waals surface area (Å²) in [6.07, 6.45) is 2.17. The Balaban J connectivity index is 1.99. The molecule has 1 atom stereocenters. The summed E-state index contributed by atoms with van der Waals surface area (Å²) in [4.78, 5) is 37.0. The molecule has 1 aliphatic rings. The fraction of sp³-hybridized carbons (Fsp3) is 0.400. The summed E-state index contributed by atoms with van der Waals surface area (Å²) in [6, 6.07) is 4.15. The molecule has 1 heterocycles. The van der Waals surface area contributed by atoms with Crippen molar-refractivity contribution in [3.63, 3.8) is 0 Å². The SMILES string of the molecule is NC(=O)[C@@H]1CCCCN1C(=O)COC(=O)c1cc(Br)ccc1N. The molecule has 0 aromatic heterocycles. The first-order valence-electron chi connectivity index (χ1n) is 7.21. The van der Waals surface area contributed by atoms with Gasteiger partial charge in [0.25, 0.3) is 5.91 Å². The second-order valence-corrected chi connectivity index (χ2v) is 6.22. The van der Waals surface area contributed by atoms with Crippen LogP contribution in [-0.4, -0.2) is 41.9 Å². The third kappa shape index (κ3) is 4.22. The topological polar surface area (TPSA) is 116 Å². The van der Waals surface area contributed by atoms with Gasteiger partial charge in [0.1, 0.15) is 6.04 Å². The summed E-state index contributed by atoms with van der Waals surface area (Å²) < 4.78 is 5.70. The summed E-state index contributed by atoms with van der Waals surface area (Å²) in [7, 11) is 0. The minimum atomic E-state index is -0.690. The first kappa shape index (κ1) is 17.3. The van der Waals surface area contributed by atoms with Gasteiger partial charge in [0.05, 0.1) is 5.56 Å². The first-order valence-corrected chi connectivity index (χ1v) is 8.00. The zero-order chi connectivity index (χ0) is 17.0. The summed E-state index contributed by atoms with van der Waals surface area (Å²) in [5.41, 5.74) is 11.5. The van der Waals surface area contributed by atoms with Gasteiger partial charge in [-0.1, -0.05) is 15.9 Å². The molecule has 1 aliphatic heterocycles. The van der Waals surface area contributed by atoms with E-state index in [2.05, 4.69) is 15.9 Å². The monoisotopic (exact) mass is 383 g/mol. The van der Waals surface area contributed by atoms with E-state index >= 15 is 0 Å². The molecule has 0 radical (unpaired) electrons. The summed E-state index contributed by atoms with van der Waals surface area (Å²) in [6.45, 7) is -0.0163. The highest BCUT2D eigenvalue weighted by molar-refractivity contribution is 9.10. The van der Waals surface area contributed by atoms with Crippen molar-refractivity contribution in [3.05, 3.63) is 28.2 Å². The van der Waals surface area contributed by atoms with Crippen LogP contribution in [0.3, 0.4) is 0 Å². The Morgan fingerprint density at radius 3 is 2.74 bits per heavy atom. The fourth-order valence-electron chi connectivity index (χ4n) is 2.52. The molecule has 7 nitrogen and oxygen atoms in total. The van der Waals surface area contributed by atoms with Crippen molar-refractivity contribution in [2.24, 2.45) is 5.73 Å². The first-order chi connectivity index (χ1) is 10.9. The van der Waals surface area contributed by atoms with Crippen LogP contribution in [0.2, 0.25) is 0 Å². The molecule has 8 heteroatoms. The Morgan fingerprint density at radius 1 is 1.30 bits per heavy atom. The molecule has 0 spiro atoms. The molecular weight excluding hydrogens is 366 g/mol. The minimum Gasteiger partial charge on any atom is -0.452 e. The lowest BCUT2D eigenvalue weighted by Gasteiger charge is -2.33. The molecule has 1 aromatic rings. The quantitative estimate of drug-likeness (QED) is 0.595. The number of hydrogen-bond donors (Lipinski definition) is 2. The van der Waals surface area contributed by atoms with Gasteiger partial charge in [0.15, 0.2) is 6.61 Å². The normalized spacial score (nSPS) is 17.6. The molecule has 1 saturated heterocycles. The highest BCUT2D eigenvalue weighted by atomic mass is 79.9. The third-order valence-electron chi connectivity index (χ3n) is 3.71. The largest absolute Gasteiger partial charge is 0.452 e. The molecular formula is C15H18BrN3O4. The van der Waals surface area contributed by atoms with Crippen LogP contribution in [0.5, 0.6) is 0 Å². The molecule has 2 amide bonds. The maximum absolute atomic E-state index is 12.2. The number of hydrogen-bond acceptors (Lipinski definition) is 5. The van der Waals surface area contributed by atoms with Crippen LogP contribution in [0.4, 0.5) is 5.69 Å². The number of esters is 1. The Hall–Kier alpha value is -2.09. The molecule has 0 saturated carbocycles. The van der Waals surface area contributed by atoms with E-state index in [1.807, 2.05) is 0 Å². The molecule has 1 fully saturated rings. The summed E-state index contributed by atoms with van der Waals surface area (Å²) in [5.74, 6) is -1.67. The Kier molecular flexibility index (Phi) is 5.59. The fourth-order valence-corrected chi connectivity index (χ4v) is 2.88. The Labute approximate surface area is 142 Å². The van der Waals surface area contributed by atoms with Crippen LogP contribution in [0.1, 0.15) is 29.6 Å². The molecule has 4 N–H and O–H groups in total. The summed E-state index contributed by atoms with van der Waals surface area (Å²) >= 11 is 3.24. The Morgan fingerprint density at radius 2 is 2.04 bits per heavy atom. The number of carbonyl (C=O) groups excluding carboxylic acids is 3. The van der Waals surface area contributed by atoms with Crippen LogP contribution >= 0.6 is 15.9 Å². The third-order valence-corrected chi connectivity index (χ3v) is 4.21. The standard InChI is InChI=1S/C15H18BrN3O4/c16-9-4-5-11(17)10(7-9)15(22)23-8-13(20)19-6-2-1-3-12(19)14(18)21/h4-5,7,12H,1-3,6,8,17H2,(H2,18,21)/t12-/m0/s1. The number of likely N-dealkylation sites (tertiary alicyclic amines) is 1. The molecule has 1 aromatic carbocycles. The lowest BCUT2D eigenvalue weighted by atomic mass is 10.0. The van der Waals surface area contributed by atoms with E-state index in [-0.39, 0.29) is 11.3 Å². The average Bonchev–Trinajstić information content (AvgIpc) is 2.54. The number of amides is 2. The number of piperidine rings is 1. The number of anilines is 1. The molecule has 0 unspecified atom stereocenters. The van der Waals surface area contributed by atoms with Gasteiger partial charge in [-0.25, -0.2) is 4.79 Å². The van der Waals surface area contributed by atoms with Crippen LogP contribution in [0.25, 0.3) is 0 Å². The maximum Gasteiger partial charge on any atom is 0.340 e. The van der Waals surface area contributed by atoms with Crippen molar-refractivity contribution < 1.29 is 19.1 Å². The number of halogens is 1. The number of ether oxygens (including phenoxy) is 1. The second kappa shape index (κ2) is 7.45. The van der Waals surface area contributed by atoms with E-state index in [9.17, 15) is 14.4 Å². The molecule has 0 aliphatic carbocycles. The van der Waals surface area contributed by atoms with Crippen LogP contribution in [-0.2, 0) is 14.3 Å². The van der Waals surface area contributed by atoms with Crippen molar-refractivity contribution >= 4 is 39.4 Å². The predicted molar refractivity (Wildman–Crippen MR) is 87.4 cm³/mol. The van der Waals surface area contributed by atoms with Crippen LogP contribution in [0, 0.1) is 0 Å². The van der Waals surface area contributed by atoms with Gasteiger partial charge in [0, 0.05) is 16.7 Å². The lowest BCUT2D eigenvalue weighted by Crippen LogP contribution is -2.51.